The number of carboxylic acids is 1. The monoisotopic (exact) mass is 246 g/mol. The average Bonchev–Trinajstić information content (AvgIpc) is 2.21. The van der Waals surface area contributed by atoms with Crippen LogP contribution in [0.25, 0.3) is 0 Å². The van der Waals surface area contributed by atoms with Crippen molar-refractivity contribution in [3.8, 4) is 0 Å². The number of carboxylic acid groups (broad SMARTS) is 1. The van der Waals surface area contributed by atoms with E-state index >= 15 is 0 Å². The fraction of sp³-hybridized carbons (Fsp3) is 0.444. The number of carbonyl (C=O) groups excluding carboxylic acids is 2. The molecule has 1 atom stereocenters. The molecule has 3 N–H and O–H groups in total. The van der Waals surface area contributed by atoms with E-state index in [0.717, 1.165) is 6.08 Å². The number of amides is 2. The molecule has 16 heavy (non-hydrogen) atoms. The van der Waals surface area contributed by atoms with E-state index in [1.165, 1.54) is 18.7 Å². The Balaban J connectivity index is 3.95. The van der Waals surface area contributed by atoms with Gasteiger partial charge in [-0.05, 0) is 6.08 Å². The molecule has 0 rings (SSSR count). The van der Waals surface area contributed by atoms with Gasteiger partial charge in [-0.3, -0.25) is 9.59 Å². The largest absolute Gasteiger partial charge is 0.480 e. The Hall–Kier alpha value is -1.50. The van der Waals surface area contributed by atoms with Crippen LogP contribution in [0.5, 0.6) is 0 Å². The molecule has 0 bridgehead atoms. The van der Waals surface area contributed by atoms with Crippen molar-refractivity contribution in [3.05, 3.63) is 12.7 Å². The fourth-order valence-electron chi connectivity index (χ4n) is 0.735. The van der Waals surface area contributed by atoms with Gasteiger partial charge in [-0.2, -0.15) is 0 Å². The molecular formula is C9H14N2O4S. The van der Waals surface area contributed by atoms with Crippen LogP contribution in [0.4, 0.5) is 0 Å². The van der Waals surface area contributed by atoms with Crippen LogP contribution >= 0.6 is 11.8 Å². The van der Waals surface area contributed by atoms with Gasteiger partial charge in [0.2, 0.25) is 11.8 Å². The fourth-order valence-corrected chi connectivity index (χ4v) is 1.62. The normalized spacial score (nSPS) is 11.3. The molecule has 0 aliphatic rings. The molecular weight excluding hydrogens is 232 g/mol. The van der Waals surface area contributed by atoms with Crippen LogP contribution in [-0.2, 0) is 14.4 Å². The van der Waals surface area contributed by atoms with E-state index in [9.17, 15) is 14.4 Å². The molecule has 0 saturated carbocycles. The summed E-state index contributed by atoms with van der Waals surface area (Å²) in [5.41, 5.74) is 0. The first-order valence-corrected chi connectivity index (χ1v) is 5.60. The first-order chi connectivity index (χ1) is 7.47. The summed E-state index contributed by atoms with van der Waals surface area (Å²) in [6.45, 7) is 4.59. The third-order valence-corrected chi connectivity index (χ3v) is 2.43. The second-order valence-corrected chi connectivity index (χ2v) is 3.88. The Bertz CT molecular complexity index is 293. The summed E-state index contributed by atoms with van der Waals surface area (Å²) in [7, 11) is 0. The smallest absolute Gasteiger partial charge is 0.327 e. The highest BCUT2D eigenvalue weighted by atomic mass is 32.2. The first kappa shape index (κ1) is 14.5. The molecule has 0 aromatic heterocycles. The predicted octanol–water partition coefficient (Wildman–Crippen LogP) is -0.431. The van der Waals surface area contributed by atoms with Crippen molar-refractivity contribution in [1.82, 2.24) is 10.6 Å². The Kier molecular flexibility index (Phi) is 7.02. The highest BCUT2D eigenvalue weighted by Crippen LogP contribution is 2.01. The van der Waals surface area contributed by atoms with Gasteiger partial charge in [0.05, 0.1) is 5.88 Å². The van der Waals surface area contributed by atoms with Gasteiger partial charge in [0.25, 0.3) is 0 Å². The zero-order valence-electron chi connectivity index (χ0n) is 8.86. The molecule has 0 aliphatic heterocycles. The Morgan fingerprint density at radius 2 is 2.12 bits per heavy atom. The van der Waals surface area contributed by atoms with Crippen molar-refractivity contribution >= 4 is 29.5 Å². The van der Waals surface area contributed by atoms with Crippen LogP contribution in [0.2, 0.25) is 0 Å². The first-order valence-electron chi connectivity index (χ1n) is 4.45. The van der Waals surface area contributed by atoms with Gasteiger partial charge in [-0.15, -0.1) is 11.8 Å². The molecule has 0 aromatic rings. The molecule has 0 unspecified atom stereocenters. The SMILES string of the molecule is C=CC(=O)N[C@@H](CSCNC(C)=O)C(=O)O. The second kappa shape index (κ2) is 7.75. The summed E-state index contributed by atoms with van der Waals surface area (Å²) < 4.78 is 0. The van der Waals surface area contributed by atoms with Crippen molar-refractivity contribution < 1.29 is 19.5 Å². The van der Waals surface area contributed by atoms with E-state index in [0.29, 0.717) is 5.88 Å². The zero-order chi connectivity index (χ0) is 12.6. The minimum absolute atomic E-state index is 0.176. The third-order valence-electron chi connectivity index (χ3n) is 1.51. The van der Waals surface area contributed by atoms with Crippen molar-refractivity contribution in [2.75, 3.05) is 11.6 Å². The summed E-state index contributed by atoms with van der Waals surface area (Å²) in [6.07, 6.45) is 1.01. The minimum Gasteiger partial charge on any atom is -0.480 e. The number of thioether (sulfide) groups is 1. The molecule has 0 aliphatic carbocycles. The lowest BCUT2D eigenvalue weighted by atomic mass is 10.3. The summed E-state index contributed by atoms with van der Waals surface area (Å²) in [5.74, 6) is -1.36. The van der Waals surface area contributed by atoms with Gasteiger partial charge in [-0.1, -0.05) is 6.58 Å². The highest BCUT2D eigenvalue weighted by molar-refractivity contribution is 7.99. The molecule has 0 radical (unpaired) electrons. The van der Waals surface area contributed by atoms with E-state index in [-0.39, 0.29) is 11.7 Å². The summed E-state index contributed by atoms with van der Waals surface area (Å²) in [6, 6.07) is -0.982. The molecule has 0 saturated heterocycles. The molecule has 0 spiro atoms. The molecule has 6 nitrogen and oxygen atoms in total. The number of rotatable bonds is 7. The molecule has 0 heterocycles. The van der Waals surface area contributed by atoms with Crippen molar-refractivity contribution in [3.63, 3.8) is 0 Å². The van der Waals surface area contributed by atoms with E-state index in [1.807, 2.05) is 0 Å². The predicted molar refractivity (Wildman–Crippen MR) is 60.9 cm³/mol. The van der Waals surface area contributed by atoms with Crippen LogP contribution < -0.4 is 10.6 Å². The van der Waals surface area contributed by atoms with E-state index in [1.54, 1.807) is 0 Å². The second-order valence-electron chi connectivity index (χ2n) is 2.85. The summed E-state index contributed by atoms with van der Waals surface area (Å²) >= 11 is 1.21. The quantitative estimate of drug-likeness (QED) is 0.322. The number of hydrogen-bond acceptors (Lipinski definition) is 4. The van der Waals surface area contributed by atoms with Gasteiger partial charge in [-0.25, -0.2) is 4.79 Å². The van der Waals surface area contributed by atoms with Crippen LogP contribution in [0.15, 0.2) is 12.7 Å². The molecule has 7 heteroatoms. The number of nitrogens with one attached hydrogen (secondary N) is 2. The Morgan fingerprint density at radius 3 is 2.56 bits per heavy atom. The van der Waals surface area contributed by atoms with Crippen molar-refractivity contribution in [1.29, 1.82) is 0 Å². The Morgan fingerprint density at radius 1 is 1.50 bits per heavy atom. The number of hydrogen-bond donors (Lipinski definition) is 3. The Labute approximate surface area is 97.5 Å². The topological polar surface area (TPSA) is 95.5 Å². The van der Waals surface area contributed by atoms with Crippen LogP contribution in [0, 0.1) is 0 Å². The highest BCUT2D eigenvalue weighted by Gasteiger charge is 2.18. The number of aliphatic carboxylic acids is 1. The van der Waals surface area contributed by atoms with Crippen molar-refractivity contribution in [2.45, 2.75) is 13.0 Å². The molecule has 2 amide bonds. The van der Waals surface area contributed by atoms with Gasteiger partial charge in [0.15, 0.2) is 0 Å². The van der Waals surface area contributed by atoms with E-state index in [4.69, 9.17) is 5.11 Å². The van der Waals surface area contributed by atoms with Gasteiger partial charge < -0.3 is 15.7 Å². The van der Waals surface area contributed by atoms with Crippen molar-refractivity contribution in [2.24, 2.45) is 0 Å². The maximum Gasteiger partial charge on any atom is 0.327 e. The molecule has 90 valence electrons. The van der Waals surface area contributed by atoms with Gasteiger partial charge in [0.1, 0.15) is 6.04 Å². The molecule has 0 fully saturated rings. The summed E-state index contributed by atoms with van der Waals surface area (Å²) in [5, 5.41) is 13.5. The number of carbonyl (C=O) groups is 3. The third kappa shape index (κ3) is 6.88. The maximum atomic E-state index is 10.9. The summed E-state index contributed by atoms with van der Waals surface area (Å²) in [4.78, 5) is 32.1. The van der Waals surface area contributed by atoms with Gasteiger partial charge >= 0.3 is 5.97 Å². The minimum atomic E-state index is -1.12. The van der Waals surface area contributed by atoms with E-state index < -0.39 is 17.9 Å². The lowest BCUT2D eigenvalue weighted by Gasteiger charge is -2.12. The lowest BCUT2D eigenvalue weighted by Crippen LogP contribution is -2.42. The van der Waals surface area contributed by atoms with E-state index in [2.05, 4.69) is 17.2 Å². The van der Waals surface area contributed by atoms with Crippen LogP contribution in [0.3, 0.4) is 0 Å². The zero-order valence-corrected chi connectivity index (χ0v) is 9.67. The molecule has 0 aromatic carbocycles. The lowest BCUT2D eigenvalue weighted by molar-refractivity contribution is -0.140. The standard InChI is InChI=1S/C9H14N2O4S/c1-3-8(13)11-7(9(14)15)4-16-5-10-6(2)12/h3,7H,1,4-5H2,2H3,(H,10,12)(H,11,13)(H,14,15)/t7-/m0/s1. The maximum absolute atomic E-state index is 10.9. The van der Waals surface area contributed by atoms with Crippen LogP contribution in [-0.4, -0.2) is 40.6 Å². The van der Waals surface area contributed by atoms with Gasteiger partial charge in [0, 0.05) is 12.7 Å². The van der Waals surface area contributed by atoms with Crippen LogP contribution in [0.1, 0.15) is 6.92 Å². The average molecular weight is 246 g/mol.